The van der Waals surface area contributed by atoms with Crippen molar-refractivity contribution in [2.75, 3.05) is 18.4 Å². The van der Waals surface area contributed by atoms with Crippen molar-refractivity contribution in [2.24, 2.45) is 5.92 Å². The zero-order valence-corrected chi connectivity index (χ0v) is 9.96. The number of hydrogen-bond acceptors (Lipinski definition) is 2. The number of nitrogens with one attached hydrogen (secondary N) is 2. The molecule has 0 aliphatic carbocycles. The molecule has 0 aliphatic rings. The van der Waals surface area contributed by atoms with Crippen LogP contribution >= 0.6 is 0 Å². The molecule has 1 aromatic rings. The molecule has 0 fully saturated rings. The van der Waals surface area contributed by atoms with Crippen LogP contribution in [0.2, 0.25) is 0 Å². The highest BCUT2D eigenvalue weighted by Crippen LogP contribution is 2.03. The van der Waals surface area contributed by atoms with E-state index in [1.54, 1.807) is 0 Å². The zero-order valence-electron chi connectivity index (χ0n) is 9.96. The summed E-state index contributed by atoms with van der Waals surface area (Å²) < 4.78 is 0. The molecule has 1 unspecified atom stereocenters. The van der Waals surface area contributed by atoms with Crippen molar-refractivity contribution in [1.82, 2.24) is 5.32 Å². The van der Waals surface area contributed by atoms with Gasteiger partial charge < -0.3 is 10.6 Å². The van der Waals surface area contributed by atoms with Gasteiger partial charge in [-0.3, -0.25) is 0 Å². The van der Waals surface area contributed by atoms with E-state index < -0.39 is 0 Å². The van der Waals surface area contributed by atoms with Gasteiger partial charge in [-0.25, -0.2) is 0 Å². The van der Waals surface area contributed by atoms with Crippen molar-refractivity contribution in [2.45, 2.75) is 26.8 Å². The van der Waals surface area contributed by atoms with Crippen molar-refractivity contribution < 1.29 is 0 Å². The average molecular weight is 206 g/mol. The second-order valence-electron chi connectivity index (χ2n) is 4.28. The zero-order chi connectivity index (χ0) is 11.1. The maximum Gasteiger partial charge on any atom is 0.0340 e. The molecule has 0 aliphatic heterocycles. The Kier molecular flexibility index (Phi) is 5.19. The molecule has 0 saturated heterocycles. The third-order valence-electron chi connectivity index (χ3n) is 2.69. The minimum Gasteiger partial charge on any atom is -0.384 e. The van der Waals surface area contributed by atoms with E-state index in [0.717, 1.165) is 13.1 Å². The van der Waals surface area contributed by atoms with E-state index in [-0.39, 0.29) is 0 Å². The van der Waals surface area contributed by atoms with E-state index in [1.807, 2.05) is 18.2 Å². The lowest BCUT2D eigenvalue weighted by Gasteiger charge is -2.17. The molecule has 84 valence electrons. The van der Waals surface area contributed by atoms with Crippen LogP contribution in [0.15, 0.2) is 30.3 Å². The summed E-state index contributed by atoms with van der Waals surface area (Å²) in [4.78, 5) is 0. The van der Waals surface area contributed by atoms with Gasteiger partial charge in [-0.15, -0.1) is 0 Å². The van der Waals surface area contributed by atoms with Gasteiger partial charge in [0.15, 0.2) is 0 Å². The summed E-state index contributed by atoms with van der Waals surface area (Å²) in [7, 11) is 0. The summed E-state index contributed by atoms with van der Waals surface area (Å²) in [5.74, 6) is 0.696. The van der Waals surface area contributed by atoms with Crippen LogP contribution in [0, 0.1) is 5.92 Å². The Bertz CT molecular complexity index is 256. The normalized spacial score (nSPS) is 12.8. The Morgan fingerprint density at radius 3 is 2.27 bits per heavy atom. The van der Waals surface area contributed by atoms with Gasteiger partial charge in [-0.1, -0.05) is 32.0 Å². The van der Waals surface area contributed by atoms with Crippen LogP contribution in [0.5, 0.6) is 0 Å². The van der Waals surface area contributed by atoms with Gasteiger partial charge in [0, 0.05) is 24.8 Å². The molecule has 0 amide bonds. The molecule has 0 saturated carbocycles. The van der Waals surface area contributed by atoms with Crippen molar-refractivity contribution in [1.29, 1.82) is 0 Å². The standard InChI is InChI=1S/C13H22N2/c1-11(2)12(3)14-9-10-15-13-7-5-4-6-8-13/h4-8,11-12,14-15H,9-10H2,1-3H3. The highest BCUT2D eigenvalue weighted by Gasteiger charge is 2.04. The van der Waals surface area contributed by atoms with E-state index in [4.69, 9.17) is 0 Å². The summed E-state index contributed by atoms with van der Waals surface area (Å²) in [6, 6.07) is 10.9. The Labute approximate surface area is 93.1 Å². The Morgan fingerprint density at radius 2 is 1.67 bits per heavy atom. The molecule has 0 heterocycles. The van der Waals surface area contributed by atoms with Crippen LogP contribution in [-0.2, 0) is 0 Å². The topological polar surface area (TPSA) is 24.1 Å². The number of rotatable bonds is 6. The highest BCUT2D eigenvalue weighted by atomic mass is 15.0. The van der Waals surface area contributed by atoms with Gasteiger partial charge in [-0.2, -0.15) is 0 Å². The van der Waals surface area contributed by atoms with Crippen LogP contribution < -0.4 is 10.6 Å². The third kappa shape index (κ3) is 4.84. The summed E-state index contributed by atoms with van der Waals surface area (Å²) in [6.07, 6.45) is 0. The molecular formula is C13H22N2. The van der Waals surface area contributed by atoms with Gasteiger partial charge in [-0.05, 0) is 25.0 Å². The lowest BCUT2D eigenvalue weighted by Crippen LogP contribution is -2.34. The van der Waals surface area contributed by atoms with Crippen LogP contribution in [-0.4, -0.2) is 19.1 Å². The molecule has 0 radical (unpaired) electrons. The molecule has 2 heteroatoms. The predicted molar refractivity (Wildman–Crippen MR) is 67.2 cm³/mol. The molecule has 0 bridgehead atoms. The van der Waals surface area contributed by atoms with Crippen LogP contribution in [0.25, 0.3) is 0 Å². The molecule has 1 rings (SSSR count). The van der Waals surface area contributed by atoms with Crippen LogP contribution in [0.3, 0.4) is 0 Å². The molecule has 0 aromatic heterocycles. The maximum atomic E-state index is 3.49. The fraction of sp³-hybridized carbons (Fsp3) is 0.538. The monoisotopic (exact) mass is 206 g/mol. The molecule has 2 N–H and O–H groups in total. The minimum atomic E-state index is 0.586. The molecule has 1 atom stereocenters. The third-order valence-corrected chi connectivity index (χ3v) is 2.69. The Morgan fingerprint density at radius 1 is 1.00 bits per heavy atom. The summed E-state index contributed by atoms with van der Waals surface area (Å²) >= 11 is 0. The quantitative estimate of drug-likeness (QED) is 0.699. The maximum absolute atomic E-state index is 3.49. The molecule has 0 spiro atoms. The van der Waals surface area contributed by atoms with E-state index in [1.165, 1.54) is 5.69 Å². The molecule has 1 aromatic carbocycles. The lowest BCUT2D eigenvalue weighted by atomic mass is 10.1. The first-order valence-corrected chi connectivity index (χ1v) is 5.72. The summed E-state index contributed by atoms with van der Waals surface area (Å²) in [5.41, 5.74) is 1.19. The molecule has 2 nitrogen and oxygen atoms in total. The van der Waals surface area contributed by atoms with Crippen molar-refractivity contribution >= 4 is 5.69 Å². The predicted octanol–water partition coefficient (Wildman–Crippen LogP) is 2.73. The molecule has 15 heavy (non-hydrogen) atoms. The fourth-order valence-electron chi connectivity index (χ4n) is 1.30. The highest BCUT2D eigenvalue weighted by molar-refractivity contribution is 5.42. The van der Waals surface area contributed by atoms with E-state index >= 15 is 0 Å². The van der Waals surface area contributed by atoms with Gasteiger partial charge in [0.05, 0.1) is 0 Å². The number of benzene rings is 1. The largest absolute Gasteiger partial charge is 0.384 e. The first-order valence-electron chi connectivity index (χ1n) is 5.72. The average Bonchev–Trinajstić information content (AvgIpc) is 2.25. The van der Waals surface area contributed by atoms with Crippen molar-refractivity contribution in [3.05, 3.63) is 30.3 Å². The van der Waals surface area contributed by atoms with E-state index in [0.29, 0.717) is 12.0 Å². The van der Waals surface area contributed by atoms with E-state index in [9.17, 15) is 0 Å². The van der Waals surface area contributed by atoms with Crippen molar-refractivity contribution in [3.8, 4) is 0 Å². The number of hydrogen-bond donors (Lipinski definition) is 2. The smallest absolute Gasteiger partial charge is 0.0340 e. The second kappa shape index (κ2) is 6.46. The van der Waals surface area contributed by atoms with Crippen molar-refractivity contribution in [3.63, 3.8) is 0 Å². The summed E-state index contributed by atoms with van der Waals surface area (Å²) in [6.45, 7) is 8.69. The van der Waals surface area contributed by atoms with Crippen LogP contribution in [0.4, 0.5) is 5.69 Å². The minimum absolute atomic E-state index is 0.586. The summed E-state index contributed by atoms with van der Waals surface area (Å²) in [5, 5.41) is 6.87. The first kappa shape index (κ1) is 12.1. The first-order chi connectivity index (χ1) is 7.20. The number of para-hydroxylation sites is 1. The lowest BCUT2D eigenvalue weighted by molar-refractivity contribution is 0.434. The second-order valence-corrected chi connectivity index (χ2v) is 4.28. The Hall–Kier alpha value is -1.02. The Balaban J connectivity index is 2.12. The van der Waals surface area contributed by atoms with Gasteiger partial charge in [0.25, 0.3) is 0 Å². The molecular weight excluding hydrogens is 184 g/mol. The fourth-order valence-corrected chi connectivity index (χ4v) is 1.30. The van der Waals surface area contributed by atoms with Gasteiger partial charge in [0.2, 0.25) is 0 Å². The SMILES string of the molecule is CC(C)C(C)NCCNc1ccccc1. The van der Waals surface area contributed by atoms with E-state index in [2.05, 4.69) is 43.5 Å². The number of anilines is 1. The van der Waals surface area contributed by atoms with Gasteiger partial charge >= 0.3 is 0 Å². The van der Waals surface area contributed by atoms with Gasteiger partial charge in [0.1, 0.15) is 0 Å². The van der Waals surface area contributed by atoms with Crippen LogP contribution in [0.1, 0.15) is 20.8 Å².